The van der Waals surface area contributed by atoms with Gasteiger partial charge in [-0.15, -0.1) is 0 Å². The van der Waals surface area contributed by atoms with Crippen LogP contribution in [0.25, 0.3) is 0 Å². The lowest BCUT2D eigenvalue weighted by atomic mass is 10.2. The van der Waals surface area contributed by atoms with Gasteiger partial charge in [0.2, 0.25) is 0 Å². The molecule has 0 atom stereocenters. The highest BCUT2D eigenvalue weighted by molar-refractivity contribution is 5.14. The number of hydrogen-bond acceptors (Lipinski definition) is 2. The number of nitrogens with zero attached hydrogens (tertiary/aromatic N) is 2. The maximum absolute atomic E-state index is 13.0. The van der Waals surface area contributed by atoms with E-state index >= 15 is 0 Å². The van der Waals surface area contributed by atoms with E-state index in [1.165, 1.54) is 17.1 Å². The summed E-state index contributed by atoms with van der Waals surface area (Å²) in [5.41, 5.74) is -1.05. The van der Waals surface area contributed by atoms with Crippen molar-refractivity contribution in [2.24, 2.45) is 0 Å². The zero-order valence-electron chi connectivity index (χ0n) is 9.30. The lowest BCUT2D eigenvalue weighted by Gasteiger charge is -2.23. The molecule has 0 bridgehead atoms. The average Bonchev–Trinajstić information content (AvgIpc) is 3.15. The number of rotatable bonds is 4. The maximum atomic E-state index is 13.0. The molecule has 0 radical (unpaired) electrons. The largest absolute Gasteiger partial charge is 0.411 e. The third kappa shape index (κ3) is 1.84. The summed E-state index contributed by atoms with van der Waals surface area (Å²) in [5, 5.41) is 3.22. The fourth-order valence-corrected chi connectivity index (χ4v) is 2.15. The zero-order chi connectivity index (χ0) is 12.1. The quantitative estimate of drug-likeness (QED) is 0.881. The van der Waals surface area contributed by atoms with Crippen molar-refractivity contribution in [3.8, 4) is 0 Å². The topological polar surface area (TPSA) is 29.9 Å². The van der Waals surface area contributed by atoms with E-state index in [4.69, 9.17) is 0 Å². The Morgan fingerprint density at radius 3 is 2.65 bits per heavy atom. The molecular formula is C11H14F3N3. The van der Waals surface area contributed by atoms with Gasteiger partial charge in [-0.25, -0.2) is 4.98 Å². The second-order valence-electron chi connectivity index (χ2n) is 4.94. The van der Waals surface area contributed by atoms with E-state index < -0.39 is 11.7 Å². The van der Waals surface area contributed by atoms with E-state index in [0.29, 0.717) is 18.3 Å². The van der Waals surface area contributed by atoms with Crippen LogP contribution >= 0.6 is 0 Å². The molecule has 17 heavy (non-hydrogen) atoms. The minimum absolute atomic E-state index is 0.170. The molecule has 1 aromatic heterocycles. The first-order chi connectivity index (χ1) is 8.03. The van der Waals surface area contributed by atoms with Gasteiger partial charge in [0.15, 0.2) is 0 Å². The minimum atomic E-state index is -4.18. The van der Waals surface area contributed by atoms with Crippen molar-refractivity contribution in [2.75, 3.05) is 0 Å². The molecule has 94 valence electrons. The van der Waals surface area contributed by atoms with Gasteiger partial charge in [-0.2, -0.15) is 13.2 Å². The summed E-state index contributed by atoms with van der Waals surface area (Å²) in [6, 6.07) is 0.486. The summed E-state index contributed by atoms with van der Waals surface area (Å²) >= 11 is 0. The Hall–Kier alpha value is -1.04. The Balaban J connectivity index is 1.80. The molecule has 0 saturated heterocycles. The van der Waals surface area contributed by atoms with Gasteiger partial charge in [-0.3, -0.25) is 0 Å². The monoisotopic (exact) mass is 245 g/mol. The summed E-state index contributed by atoms with van der Waals surface area (Å²) in [6.07, 6.45) is 1.25. The molecule has 0 unspecified atom stereocenters. The van der Waals surface area contributed by atoms with Crippen molar-refractivity contribution in [2.45, 2.75) is 50.0 Å². The number of aromatic nitrogens is 2. The molecule has 2 saturated carbocycles. The average molecular weight is 245 g/mol. The molecule has 0 spiro atoms. The smallest absolute Gasteiger partial charge is 0.318 e. The van der Waals surface area contributed by atoms with E-state index in [1.807, 2.05) is 0 Å². The van der Waals surface area contributed by atoms with Crippen LogP contribution < -0.4 is 5.32 Å². The molecule has 2 aliphatic carbocycles. The Bertz CT molecular complexity index is 416. The molecule has 1 heterocycles. The maximum Gasteiger partial charge on any atom is 0.411 e. The van der Waals surface area contributed by atoms with Crippen molar-refractivity contribution in [1.82, 2.24) is 14.9 Å². The standard InChI is InChI=1S/C11H14F3N3/c12-11(13,14)10(3-4-10)17-7-15-5-9(17)6-16-8-1-2-8/h5,7-8,16H,1-4,6H2. The SMILES string of the molecule is FC(F)(F)C1(n2cncc2CNC2CC2)CC1. The van der Waals surface area contributed by atoms with Crippen molar-refractivity contribution in [3.63, 3.8) is 0 Å². The lowest BCUT2D eigenvalue weighted by Crippen LogP contribution is -2.36. The van der Waals surface area contributed by atoms with Crippen molar-refractivity contribution in [1.29, 1.82) is 0 Å². The number of hydrogen-bond donors (Lipinski definition) is 1. The van der Waals surface area contributed by atoms with Crippen LogP contribution in [0.3, 0.4) is 0 Å². The number of imidazole rings is 1. The minimum Gasteiger partial charge on any atom is -0.318 e. The van der Waals surface area contributed by atoms with Gasteiger partial charge in [0.25, 0.3) is 0 Å². The van der Waals surface area contributed by atoms with Crippen LogP contribution in [0.15, 0.2) is 12.5 Å². The van der Waals surface area contributed by atoms with Crippen LogP contribution in [0, 0.1) is 0 Å². The van der Waals surface area contributed by atoms with E-state index in [0.717, 1.165) is 12.8 Å². The van der Waals surface area contributed by atoms with Gasteiger partial charge in [0.1, 0.15) is 5.54 Å². The normalized spacial score (nSPS) is 22.8. The molecule has 1 aromatic rings. The predicted molar refractivity (Wildman–Crippen MR) is 55.4 cm³/mol. The van der Waals surface area contributed by atoms with Gasteiger partial charge in [-0.1, -0.05) is 0 Å². The van der Waals surface area contributed by atoms with Gasteiger partial charge in [0.05, 0.1) is 12.0 Å². The van der Waals surface area contributed by atoms with Crippen molar-refractivity contribution >= 4 is 0 Å². The van der Waals surface area contributed by atoms with Crippen LogP contribution in [0.4, 0.5) is 13.2 Å². The third-order valence-electron chi connectivity index (χ3n) is 3.58. The van der Waals surface area contributed by atoms with Crippen LogP contribution in [0.1, 0.15) is 31.4 Å². The highest BCUT2D eigenvalue weighted by Gasteiger charge is 2.65. The molecule has 6 heteroatoms. The van der Waals surface area contributed by atoms with Gasteiger partial charge in [-0.05, 0) is 25.7 Å². The molecule has 2 aliphatic rings. The number of alkyl halides is 3. The molecule has 2 fully saturated rings. The van der Waals surface area contributed by atoms with E-state index in [1.54, 1.807) is 0 Å². The van der Waals surface area contributed by atoms with Crippen molar-refractivity contribution < 1.29 is 13.2 Å². The van der Waals surface area contributed by atoms with Gasteiger partial charge in [0, 0.05) is 18.8 Å². The van der Waals surface area contributed by atoms with E-state index in [2.05, 4.69) is 10.3 Å². The van der Waals surface area contributed by atoms with E-state index in [9.17, 15) is 13.2 Å². The number of nitrogens with one attached hydrogen (secondary N) is 1. The van der Waals surface area contributed by atoms with Crippen molar-refractivity contribution in [3.05, 3.63) is 18.2 Å². The first-order valence-electron chi connectivity index (χ1n) is 5.85. The molecule has 3 nitrogen and oxygen atoms in total. The Labute approximate surface area is 97.0 Å². The Morgan fingerprint density at radius 2 is 2.12 bits per heavy atom. The molecule has 0 aromatic carbocycles. The Kier molecular flexibility index (Phi) is 2.26. The van der Waals surface area contributed by atoms with Gasteiger partial charge < -0.3 is 9.88 Å². The molecule has 1 N–H and O–H groups in total. The summed E-state index contributed by atoms with van der Waals surface area (Å²) in [7, 11) is 0. The lowest BCUT2D eigenvalue weighted by molar-refractivity contribution is -0.180. The molecule has 3 rings (SSSR count). The number of halogens is 3. The van der Waals surface area contributed by atoms with Crippen LogP contribution in [0.2, 0.25) is 0 Å². The molecular weight excluding hydrogens is 231 g/mol. The second kappa shape index (κ2) is 3.48. The fourth-order valence-electron chi connectivity index (χ4n) is 2.15. The zero-order valence-corrected chi connectivity index (χ0v) is 9.30. The second-order valence-corrected chi connectivity index (χ2v) is 4.94. The van der Waals surface area contributed by atoms with Crippen LogP contribution in [-0.2, 0) is 12.1 Å². The summed E-state index contributed by atoms with van der Waals surface area (Å²) in [6.45, 7) is 0.475. The summed E-state index contributed by atoms with van der Waals surface area (Å²) in [4.78, 5) is 3.86. The predicted octanol–water partition coefficient (Wildman–Crippen LogP) is 2.19. The van der Waals surface area contributed by atoms with E-state index in [-0.39, 0.29) is 12.8 Å². The fraction of sp³-hybridized carbons (Fsp3) is 0.727. The molecule has 0 amide bonds. The first kappa shape index (κ1) is 11.1. The van der Waals surface area contributed by atoms with Crippen LogP contribution in [-0.4, -0.2) is 21.8 Å². The highest BCUT2D eigenvalue weighted by atomic mass is 19.4. The first-order valence-corrected chi connectivity index (χ1v) is 5.85. The summed E-state index contributed by atoms with van der Waals surface area (Å²) in [5.74, 6) is 0. The summed E-state index contributed by atoms with van der Waals surface area (Å²) < 4.78 is 40.3. The molecule has 0 aliphatic heterocycles. The third-order valence-corrected chi connectivity index (χ3v) is 3.58. The van der Waals surface area contributed by atoms with Crippen LogP contribution in [0.5, 0.6) is 0 Å². The highest BCUT2D eigenvalue weighted by Crippen LogP contribution is 2.55. The Morgan fingerprint density at radius 1 is 1.41 bits per heavy atom. The van der Waals surface area contributed by atoms with Gasteiger partial charge >= 0.3 is 6.18 Å².